The van der Waals surface area contributed by atoms with Gasteiger partial charge in [-0.3, -0.25) is 0 Å². The van der Waals surface area contributed by atoms with Crippen LogP contribution in [-0.2, 0) is 0 Å². The number of rotatable bonds is 2. The van der Waals surface area contributed by atoms with E-state index in [0.29, 0.717) is 6.04 Å². The second-order valence-corrected chi connectivity index (χ2v) is 4.38. The van der Waals surface area contributed by atoms with Crippen LogP contribution in [0.3, 0.4) is 0 Å². The first-order valence-electron chi connectivity index (χ1n) is 4.85. The molecule has 0 saturated heterocycles. The summed E-state index contributed by atoms with van der Waals surface area (Å²) in [5, 5.41) is 0. The topological polar surface area (TPSA) is 27.1 Å². The van der Waals surface area contributed by atoms with Crippen molar-refractivity contribution in [3.63, 3.8) is 0 Å². The summed E-state index contributed by atoms with van der Waals surface area (Å²) < 4.78 is 8.26. The molecule has 15 heavy (non-hydrogen) atoms. The molecule has 0 saturated carbocycles. The van der Waals surface area contributed by atoms with Crippen molar-refractivity contribution in [2.45, 2.75) is 19.9 Å². The second kappa shape index (κ2) is 3.85. The SMILES string of the molecule is COc1cccc2c1nc(Br)n2C(C)C. The number of aromatic nitrogens is 2. The molecule has 2 aromatic rings. The van der Waals surface area contributed by atoms with Crippen LogP contribution in [0.15, 0.2) is 22.9 Å². The van der Waals surface area contributed by atoms with Gasteiger partial charge in [-0.2, -0.15) is 0 Å². The maximum absolute atomic E-state index is 5.28. The number of methoxy groups -OCH3 is 1. The van der Waals surface area contributed by atoms with E-state index in [9.17, 15) is 0 Å². The Morgan fingerprint density at radius 3 is 2.73 bits per heavy atom. The third-order valence-electron chi connectivity index (χ3n) is 2.38. The first-order chi connectivity index (χ1) is 7.15. The van der Waals surface area contributed by atoms with E-state index < -0.39 is 0 Å². The van der Waals surface area contributed by atoms with Gasteiger partial charge < -0.3 is 9.30 Å². The standard InChI is InChI=1S/C11H13BrN2O/c1-7(2)14-8-5-4-6-9(15-3)10(8)13-11(14)12/h4-7H,1-3H3. The molecule has 0 atom stereocenters. The summed E-state index contributed by atoms with van der Waals surface area (Å²) in [6.45, 7) is 4.26. The van der Waals surface area contributed by atoms with Crippen LogP contribution in [-0.4, -0.2) is 16.7 Å². The molecule has 1 heterocycles. The molecular weight excluding hydrogens is 256 g/mol. The molecule has 0 bridgehead atoms. The molecule has 1 aromatic heterocycles. The first-order valence-corrected chi connectivity index (χ1v) is 5.65. The predicted octanol–water partition coefficient (Wildman–Crippen LogP) is 3.39. The van der Waals surface area contributed by atoms with Crippen LogP contribution in [0, 0.1) is 0 Å². The van der Waals surface area contributed by atoms with Crippen LogP contribution in [0.2, 0.25) is 0 Å². The smallest absolute Gasteiger partial charge is 0.178 e. The number of para-hydroxylation sites is 1. The highest BCUT2D eigenvalue weighted by molar-refractivity contribution is 9.10. The fourth-order valence-electron chi connectivity index (χ4n) is 1.72. The molecule has 0 fully saturated rings. The van der Waals surface area contributed by atoms with Gasteiger partial charge in [0, 0.05) is 6.04 Å². The van der Waals surface area contributed by atoms with Crippen LogP contribution in [0.25, 0.3) is 11.0 Å². The molecule has 4 heteroatoms. The average Bonchev–Trinajstić information content (AvgIpc) is 2.53. The van der Waals surface area contributed by atoms with Gasteiger partial charge in [-0.25, -0.2) is 4.98 Å². The first kappa shape index (κ1) is 10.5. The van der Waals surface area contributed by atoms with Crippen LogP contribution in [0.4, 0.5) is 0 Å². The summed E-state index contributed by atoms with van der Waals surface area (Å²) >= 11 is 3.47. The Hall–Kier alpha value is -1.03. The second-order valence-electron chi connectivity index (χ2n) is 3.67. The summed E-state index contributed by atoms with van der Waals surface area (Å²) in [5.41, 5.74) is 2.00. The fourth-order valence-corrected chi connectivity index (χ4v) is 2.50. The fraction of sp³-hybridized carbons (Fsp3) is 0.364. The number of halogens is 1. The quantitative estimate of drug-likeness (QED) is 0.835. The lowest BCUT2D eigenvalue weighted by Crippen LogP contribution is -2.00. The third-order valence-corrected chi connectivity index (χ3v) is 2.94. The maximum Gasteiger partial charge on any atom is 0.178 e. The largest absolute Gasteiger partial charge is 0.494 e. The molecule has 0 N–H and O–H groups in total. The molecule has 0 spiro atoms. The molecule has 2 rings (SSSR count). The molecule has 80 valence electrons. The van der Waals surface area contributed by atoms with E-state index in [-0.39, 0.29) is 0 Å². The van der Waals surface area contributed by atoms with E-state index in [2.05, 4.69) is 45.4 Å². The van der Waals surface area contributed by atoms with Gasteiger partial charge >= 0.3 is 0 Å². The maximum atomic E-state index is 5.28. The average molecular weight is 269 g/mol. The summed E-state index contributed by atoms with van der Waals surface area (Å²) in [6.07, 6.45) is 0. The Morgan fingerprint density at radius 2 is 2.13 bits per heavy atom. The van der Waals surface area contributed by atoms with Crippen molar-refractivity contribution >= 4 is 27.0 Å². The molecule has 0 unspecified atom stereocenters. The van der Waals surface area contributed by atoms with E-state index >= 15 is 0 Å². The van der Waals surface area contributed by atoms with E-state index in [4.69, 9.17) is 4.74 Å². The van der Waals surface area contributed by atoms with Gasteiger partial charge in [0.2, 0.25) is 0 Å². The van der Waals surface area contributed by atoms with Crippen molar-refractivity contribution in [1.82, 2.24) is 9.55 Å². The van der Waals surface area contributed by atoms with Crippen molar-refractivity contribution in [1.29, 1.82) is 0 Å². The number of nitrogens with zero attached hydrogens (tertiary/aromatic N) is 2. The minimum Gasteiger partial charge on any atom is -0.494 e. The van der Waals surface area contributed by atoms with Crippen molar-refractivity contribution in [3.8, 4) is 5.75 Å². The molecule has 1 aromatic carbocycles. The van der Waals surface area contributed by atoms with E-state index in [1.165, 1.54) is 0 Å². The highest BCUT2D eigenvalue weighted by Crippen LogP contribution is 2.30. The van der Waals surface area contributed by atoms with Gasteiger partial charge in [-0.1, -0.05) is 6.07 Å². The Balaban J connectivity index is 2.78. The Morgan fingerprint density at radius 1 is 1.40 bits per heavy atom. The molecule has 0 amide bonds. The van der Waals surface area contributed by atoms with Crippen molar-refractivity contribution in [2.75, 3.05) is 7.11 Å². The normalized spacial score (nSPS) is 11.3. The molecule has 0 aliphatic rings. The van der Waals surface area contributed by atoms with Crippen molar-refractivity contribution in [3.05, 3.63) is 22.9 Å². The van der Waals surface area contributed by atoms with Gasteiger partial charge in [0.05, 0.1) is 12.6 Å². The van der Waals surface area contributed by atoms with Crippen LogP contribution < -0.4 is 4.74 Å². The monoisotopic (exact) mass is 268 g/mol. The van der Waals surface area contributed by atoms with E-state index in [0.717, 1.165) is 21.5 Å². The third kappa shape index (κ3) is 1.63. The lowest BCUT2D eigenvalue weighted by Gasteiger charge is -2.09. The van der Waals surface area contributed by atoms with Gasteiger partial charge in [-0.05, 0) is 41.9 Å². The van der Waals surface area contributed by atoms with E-state index in [1.807, 2.05) is 12.1 Å². The molecule has 0 aliphatic heterocycles. The number of fused-ring (bicyclic) bond motifs is 1. The van der Waals surface area contributed by atoms with Crippen LogP contribution >= 0.6 is 15.9 Å². The summed E-state index contributed by atoms with van der Waals surface area (Å²) in [4.78, 5) is 4.46. The lowest BCUT2D eigenvalue weighted by atomic mass is 10.2. The Labute approximate surface area is 97.2 Å². The number of hydrogen-bond acceptors (Lipinski definition) is 2. The molecule has 3 nitrogen and oxygen atoms in total. The highest BCUT2D eigenvalue weighted by atomic mass is 79.9. The predicted molar refractivity (Wildman–Crippen MR) is 64.4 cm³/mol. The minimum atomic E-state index is 0.372. The van der Waals surface area contributed by atoms with Gasteiger partial charge in [0.25, 0.3) is 0 Å². The zero-order valence-corrected chi connectivity index (χ0v) is 10.6. The number of imidazole rings is 1. The zero-order valence-electron chi connectivity index (χ0n) is 8.99. The minimum absolute atomic E-state index is 0.372. The number of ether oxygens (including phenoxy) is 1. The summed E-state index contributed by atoms with van der Waals surface area (Å²) in [7, 11) is 1.66. The number of hydrogen-bond donors (Lipinski definition) is 0. The molecule has 0 radical (unpaired) electrons. The highest BCUT2D eigenvalue weighted by Gasteiger charge is 2.13. The Bertz CT molecular complexity index is 491. The van der Waals surface area contributed by atoms with Crippen LogP contribution in [0.5, 0.6) is 5.75 Å². The summed E-state index contributed by atoms with van der Waals surface area (Å²) in [6, 6.07) is 6.33. The number of benzene rings is 1. The van der Waals surface area contributed by atoms with Crippen LogP contribution in [0.1, 0.15) is 19.9 Å². The van der Waals surface area contributed by atoms with E-state index in [1.54, 1.807) is 7.11 Å². The van der Waals surface area contributed by atoms with Gasteiger partial charge in [-0.15, -0.1) is 0 Å². The Kier molecular flexibility index (Phi) is 2.69. The summed E-state index contributed by atoms with van der Waals surface area (Å²) in [5.74, 6) is 0.813. The van der Waals surface area contributed by atoms with Crippen molar-refractivity contribution in [2.24, 2.45) is 0 Å². The molecule has 0 aliphatic carbocycles. The molecular formula is C11H13BrN2O. The van der Waals surface area contributed by atoms with Crippen molar-refractivity contribution < 1.29 is 4.74 Å². The van der Waals surface area contributed by atoms with Gasteiger partial charge in [0.1, 0.15) is 11.3 Å². The zero-order chi connectivity index (χ0) is 11.0. The van der Waals surface area contributed by atoms with Gasteiger partial charge in [0.15, 0.2) is 4.73 Å². The lowest BCUT2D eigenvalue weighted by molar-refractivity contribution is 0.419.